The molecule has 0 saturated carbocycles. The third-order valence-electron chi connectivity index (χ3n) is 6.49. The first-order valence-corrected chi connectivity index (χ1v) is 11.1. The van der Waals surface area contributed by atoms with Crippen molar-refractivity contribution in [3.05, 3.63) is 51.8 Å². The van der Waals surface area contributed by atoms with Gasteiger partial charge >= 0.3 is 6.09 Å². The molecule has 2 amide bonds. The van der Waals surface area contributed by atoms with Crippen LogP contribution in [-0.2, 0) is 27.4 Å². The molecule has 2 N–H and O–H groups in total. The number of amides is 2. The number of carbonyl (C=O) groups is 2. The highest BCUT2D eigenvalue weighted by Gasteiger charge is 2.27. The Morgan fingerprint density at radius 3 is 2.62 bits per heavy atom. The molecule has 2 fully saturated rings. The van der Waals surface area contributed by atoms with Crippen molar-refractivity contribution in [3.8, 4) is 0 Å². The molecule has 0 atom stereocenters. The van der Waals surface area contributed by atoms with Crippen LogP contribution in [0.1, 0.15) is 33.6 Å². The summed E-state index contributed by atoms with van der Waals surface area (Å²) in [5, 5.41) is 2.96. The average Bonchev–Trinajstić information content (AvgIpc) is 3.41. The maximum atomic E-state index is 12.8. The summed E-state index contributed by atoms with van der Waals surface area (Å²) in [5.74, 6) is -0.112. The number of hydrogen-bond donors (Lipinski definition) is 2. The van der Waals surface area contributed by atoms with Gasteiger partial charge in [0.15, 0.2) is 0 Å². The number of H-pyrrole nitrogens is 1. The molecule has 32 heavy (non-hydrogen) atoms. The van der Waals surface area contributed by atoms with E-state index >= 15 is 0 Å². The smallest absolute Gasteiger partial charge is 0.410 e. The van der Waals surface area contributed by atoms with Gasteiger partial charge < -0.3 is 24.7 Å². The van der Waals surface area contributed by atoms with Crippen molar-refractivity contribution in [1.29, 1.82) is 0 Å². The van der Waals surface area contributed by atoms with Crippen LogP contribution in [0, 0.1) is 13.8 Å². The van der Waals surface area contributed by atoms with Gasteiger partial charge in [0.1, 0.15) is 6.61 Å². The molecule has 2 saturated heterocycles. The van der Waals surface area contributed by atoms with Gasteiger partial charge in [0.2, 0.25) is 0 Å². The highest BCUT2D eigenvalue weighted by atomic mass is 16.6. The minimum Gasteiger partial charge on any atom is -0.448 e. The molecule has 1 aromatic carbocycles. The molecule has 3 aliphatic rings. The van der Waals surface area contributed by atoms with E-state index in [1.165, 1.54) is 11.1 Å². The Morgan fingerprint density at radius 1 is 1.06 bits per heavy atom. The summed E-state index contributed by atoms with van der Waals surface area (Å²) in [6.07, 6.45) is 1.65. The number of nitrogens with zero attached hydrogens (tertiary/aromatic N) is 2. The molecule has 168 valence electrons. The number of benzene rings is 1. The van der Waals surface area contributed by atoms with Crippen molar-refractivity contribution in [2.45, 2.75) is 26.9 Å². The van der Waals surface area contributed by atoms with E-state index in [0.29, 0.717) is 25.3 Å². The van der Waals surface area contributed by atoms with Gasteiger partial charge in [0, 0.05) is 48.8 Å². The van der Waals surface area contributed by atoms with Crippen LogP contribution in [0.15, 0.2) is 18.2 Å². The SMILES string of the molecule is Cc1[nH]c(/C=C2\C(=O)Nc3ccc(CN4CCOC4=O)cc32)c(C)c1CN1CCOCC1. The predicted molar refractivity (Wildman–Crippen MR) is 121 cm³/mol. The fraction of sp³-hybridized carbons (Fsp3) is 0.417. The summed E-state index contributed by atoms with van der Waals surface area (Å²) in [6, 6.07) is 5.84. The molecule has 0 unspecified atom stereocenters. The normalized spacial score (nSPS) is 20.1. The number of rotatable bonds is 5. The van der Waals surface area contributed by atoms with E-state index in [4.69, 9.17) is 9.47 Å². The van der Waals surface area contributed by atoms with E-state index in [0.717, 1.165) is 61.1 Å². The van der Waals surface area contributed by atoms with E-state index in [1.807, 2.05) is 24.3 Å². The van der Waals surface area contributed by atoms with Gasteiger partial charge in [-0.15, -0.1) is 0 Å². The molecular weight excluding hydrogens is 408 g/mol. The van der Waals surface area contributed by atoms with Crippen molar-refractivity contribution in [3.63, 3.8) is 0 Å². The number of hydrogen-bond acceptors (Lipinski definition) is 5. The van der Waals surface area contributed by atoms with Crippen LogP contribution in [0.2, 0.25) is 0 Å². The van der Waals surface area contributed by atoms with Crippen molar-refractivity contribution < 1.29 is 19.1 Å². The second-order valence-electron chi connectivity index (χ2n) is 8.58. The zero-order valence-corrected chi connectivity index (χ0v) is 18.5. The maximum absolute atomic E-state index is 12.8. The third kappa shape index (κ3) is 3.91. The Kier molecular flexibility index (Phi) is 5.48. The van der Waals surface area contributed by atoms with Crippen molar-refractivity contribution in [2.75, 3.05) is 44.8 Å². The minimum absolute atomic E-state index is 0.112. The zero-order valence-electron chi connectivity index (χ0n) is 18.5. The summed E-state index contributed by atoms with van der Waals surface area (Å²) in [4.78, 5) is 32.1. The number of nitrogens with one attached hydrogen (secondary N) is 2. The Morgan fingerprint density at radius 2 is 1.88 bits per heavy atom. The second-order valence-corrected chi connectivity index (χ2v) is 8.58. The van der Waals surface area contributed by atoms with Crippen LogP contribution < -0.4 is 5.32 Å². The first kappa shape index (κ1) is 20.8. The van der Waals surface area contributed by atoms with E-state index in [-0.39, 0.29) is 12.0 Å². The fourth-order valence-electron chi connectivity index (χ4n) is 4.59. The molecule has 0 bridgehead atoms. The molecule has 3 aliphatic heterocycles. The lowest BCUT2D eigenvalue weighted by Gasteiger charge is -2.26. The Balaban J connectivity index is 1.42. The summed E-state index contributed by atoms with van der Waals surface area (Å²) in [7, 11) is 0. The summed E-state index contributed by atoms with van der Waals surface area (Å²) < 4.78 is 10.5. The molecule has 0 radical (unpaired) electrons. The van der Waals surface area contributed by atoms with E-state index < -0.39 is 0 Å². The highest BCUT2D eigenvalue weighted by molar-refractivity contribution is 6.34. The first-order chi connectivity index (χ1) is 15.5. The van der Waals surface area contributed by atoms with E-state index in [2.05, 4.69) is 29.0 Å². The number of aromatic nitrogens is 1. The molecule has 4 heterocycles. The number of fused-ring (bicyclic) bond motifs is 1. The number of aryl methyl sites for hydroxylation is 1. The molecule has 8 heteroatoms. The maximum Gasteiger partial charge on any atom is 0.410 e. The van der Waals surface area contributed by atoms with E-state index in [1.54, 1.807) is 4.90 Å². The molecule has 1 aromatic heterocycles. The first-order valence-electron chi connectivity index (χ1n) is 11.1. The van der Waals surface area contributed by atoms with Crippen molar-refractivity contribution in [2.24, 2.45) is 0 Å². The molecular formula is C24H28N4O4. The molecule has 2 aromatic rings. The van der Waals surface area contributed by atoms with Crippen LogP contribution in [0.4, 0.5) is 10.5 Å². The topological polar surface area (TPSA) is 86.9 Å². The summed E-state index contributed by atoms with van der Waals surface area (Å²) in [5.41, 5.74) is 7.78. The van der Waals surface area contributed by atoms with Crippen LogP contribution in [0.5, 0.6) is 0 Å². The Hall–Kier alpha value is -3.10. The van der Waals surface area contributed by atoms with Gasteiger partial charge in [-0.3, -0.25) is 9.69 Å². The average molecular weight is 437 g/mol. The lowest BCUT2D eigenvalue weighted by Crippen LogP contribution is -2.35. The minimum atomic E-state index is -0.291. The second kappa shape index (κ2) is 8.44. The quantitative estimate of drug-likeness (QED) is 0.704. The van der Waals surface area contributed by atoms with Crippen LogP contribution in [0.25, 0.3) is 11.6 Å². The van der Waals surface area contributed by atoms with Crippen molar-refractivity contribution >= 4 is 29.3 Å². The third-order valence-corrected chi connectivity index (χ3v) is 6.49. The number of carbonyl (C=O) groups excluding carboxylic acids is 2. The zero-order chi connectivity index (χ0) is 22.2. The number of anilines is 1. The van der Waals surface area contributed by atoms with Gasteiger partial charge in [0.25, 0.3) is 5.91 Å². The van der Waals surface area contributed by atoms with Gasteiger partial charge in [0.05, 0.1) is 25.3 Å². The Bertz CT molecular complexity index is 1100. The monoisotopic (exact) mass is 436 g/mol. The van der Waals surface area contributed by atoms with Gasteiger partial charge in [-0.25, -0.2) is 4.79 Å². The Labute approximate surface area is 187 Å². The molecule has 8 nitrogen and oxygen atoms in total. The molecule has 0 spiro atoms. The van der Waals surface area contributed by atoms with Gasteiger partial charge in [-0.05, 0) is 48.7 Å². The van der Waals surface area contributed by atoms with Crippen molar-refractivity contribution in [1.82, 2.24) is 14.8 Å². The molecule has 5 rings (SSSR count). The number of ether oxygens (including phenoxy) is 2. The van der Waals surface area contributed by atoms with Gasteiger partial charge in [-0.2, -0.15) is 0 Å². The number of aromatic amines is 1. The van der Waals surface area contributed by atoms with Crippen LogP contribution >= 0.6 is 0 Å². The predicted octanol–water partition coefficient (Wildman–Crippen LogP) is 2.91. The molecule has 0 aliphatic carbocycles. The van der Waals surface area contributed by atoms with Crippen LogP contribution in [-0.4, -0.2) is 66.2 Å². The highest BCUT2D eigenvalue weighted by Crippen LogP contribution is 2.35. The standard InChI is InChI=1S/C24H28N4O4/c1-15-20(14-27-5-8-31-9-6-27)16(2)25-22(15)12-19-18-11-17(3-4-21(18)26-23(19)29)13-28-7-10-32-24(28)30/h3-4,11-12,25H,5-10,13-14H2,1-2H3,(H,26,29)/b19-12-. The summed E-state index contributed by atoms with van der Waals surface area (Å²) in [6.45, 7) is 9.96. The fourth-order valence-corrected chi connectivity index (χ4v) is 4.59. The lowest BCUT2D eigenvalue weighted by atomic mass is 10.0. The van der Waals surface area contributed by atoms with E-state index in [9.17, 15) is 9.59 Å². The van der Waals surface area contributed by atoms with Gasteiger partial charge in [-0.1, -0.05) is 6.07 Å². The number of morpholine rings is 1. The number of cyclic esters (lactones) is 1. The largest absolute Gasteiger partial charge is 0.448 e. The summed E-state index contributed by atoms with van der Waals surface area (Å²) >= 11 is 0. The lowest BCUT2D eigenvalue weighted by molar-refractivity contribution is -0.110. The van der Waals surface area contributed by atoms with Crippen LogP contribution in [0.3, 0.4) is 0 Å².